The van der Waals surface area contributed by atoms with Gasteiger partial charge in [0.25, 0.3) is 0 Å². The van der Waals surface area contributed by atoms with Crippen molar-refractivity contribution >= 4 is 39.5 Å². The van der Waals surface area contributed by atoms with E-state index in [1.165, 1.54) is 12.1 Å². The lowest BCUT2D eigenvalue weighted by Gasteiger charge is -2.25. The molecule has 1 aliphatic heterocycles. The highest BCUT2D eigenvalue weighted by molar-refractivity contribution is 7.89. The van der Waals surface area contributed by atoms with Crippen molar-refractivity contribution in [1.29, 1.82) is 0 Å². The zero-order chi connectivity index (χ0) is 24.7. The molecule has 1 fully saturated rings. The van der Waals surface area contributed by atoms with Crippen molar-refractivity contribution in [1.82, 2.24) is 20.3 Å². The van der Waals surface area contributed by atoms with E-state index in [-0.39, 0.29) is 24.4 Å². The Morgan fingerprint density at radius 2 is 1.74 bits per heavy atom. The van der Waals surface area contributed by atoms with Crippen LogP contribution in [-0.2, 0) is 26.2 Å². The quantitative estimate of drug-likeness (QED) is 0.404. The number of carbonyl (C=O) groups is 3. The molecule has 2 aromatic carbocycles. The zero-order valence-corrected chi connectivity index (χ0v) is 19.7. The molecule has 1 saturated heterocycles. The van der Waals surface area contributed by atoms with E-state index in [2.05, 4.69) is 16.0 Å². The van der Waals surface area contributed by atoms with Crippen LogP contribution < -0.4 is 16.0 Å². The monoisotopic (exact) mass is 508 g/mol. The van der Waals surface area contributed by atoms with Crippen molar-refractivity contribution in [3.05, 3.63) is 65.2 Å². The summed E-state index contributed by atoms with van der Waals surface area (Å²) < 4.78 is 27.0. The molecule has 10 nitrogen and oxygen atoms in total. The Hall–Kier alpha value is -3.15. The Bertz CT molecular complexity index is 1150. The number of amides is 3. The summed E-state index contributed by atoms with van der Waals surface area (Å²) in [5.41, 5.74) is 0.684. The van der Waals surface area contributed by atoms with Crippen molar-refractivity contribution in [3.63, 3.8) is 0 Å². The van der Waals surface area contributed by atoms with E-state index in [4.69, 9.17) is 11.6 Å². The van der Waals surface area contributed by atoms with Crippen molar-refractivity contribution in [3.8, 4) is 0 Å². The molecule has 0 spiro atoms. The summed E-state index contributed by atoms with van der Waals surface area (Å²) in [5.74, 6) is -2.10. The molecule has 1 aliphatic rings. The highest BCUT2D eigenvalue weighted by Crippen LogP contribution is 2.26. The Balaban J connectivity index is 1.58. The second-order valence-electron chi connectivity index (χ2n) is 7.64. The first kappa shape index (κ1) is 25.5. The summed E-state index contributed by atoms with van der Waals surface area (Å²) in [6, 6.07) is 11.5. The summed E-state index contributed by atoms with van der Waals surface area (Å²) in [6.45, 7) is -0.118. The van der Waals surface area contributed by atoms with Crippen molar-refractivity contribution in [2.45, 2.75) is 36.4 Å². The molecule has 12 heteroatoms. The van der Waals surface area contributed by atoms with Crippen LogP contribution in [0.1, 0.15) is 18.4 Å². The van der Waals surface area contributed by atoms with Crippen LogP contribution >= 0.6 is 11.6 Å². The molecule has 0 radical (unpaired) electrons. The fourth-order valence-corrected chi connectivity index (χ4v) is 5.44. The molecule has 1 heterocycles. The summed E-state index contributed by atoms with van der Waals surface area (Å²) in [6.07, 6.45) is 0.723. The van der Waals surface area contributed by atoms with Gasteiger partial charge in [-0.2, -0.15) is 4.31 Å². The lowest BCUT2D eigenvalue weighted by atomic mass is 10.2. The van der Waals surface area contributed by atoms with E-state index in [1.54, 1.807) is 42.5 Å². The van der Waals surface area contributed by atoms with Crippen LogP contribution in [0.4, 0.5) is 4.79 Å². The molecule has 3 amide bonds. The maximum absolute atomic E-state index is 13.0. The number of carbonyl (C=O) groups excluding carboxylic acids is 2. The summed E-state index contributed by atoms with van der Waals surface area (Å²) >= 11 is 6.04. The minimum atomic E-state index is -3.92. The normalized spacial score (nSPS) is 17.0. The van der Waals surface area contributed by atoms with E-state index < -0.39 is 46.6 Å². The first-order valence-electron chi connectivity index (χ1n) is 10.6. The molecule has 34 heavy (non-hydrogen) atoms. The van der Waals surface area contributed by atoms with Gasteiger partial charge in [0, 0.05) is 18.1 Å². The van der Waals surface area contributed by atoms with Crippen LogP contribution in [0.15, 0.2) is 59.5 Å². The number of carboxylic acid groups (broad SMARTS) is 1. The number of urea groups is 1. The second kappa shape index (κ2) is 11.3. The molecular formula is C22H25ClN4O6S. The van der Waals surface area contributed by atoms with Crippen LogP contribution in [0, 0.1) is 0 Å². The van der Waals surface area contributed by atoms with Crippen LogP contribution in [-0.4, -0.2) is 60.9 Å². The smallest absolute Gasteiger partial charge is 0.328 e. The third kappa shape index (κ3) is 6.25. The van der Waals surface area contributed by atoms with Gasteiger partial charge >= 0.3 is 12.0 Å². The summed E-state index contributed by atoms with van der Waals surface area (Å²) in [4.78, 5) is 36.6. The van der Waals surface area contributed by atoms with E-state index in [0.717, 1.165) is 4.31 Å². The Labute approximate surface area is 202 Å². The van der Waals surface area contributed by atoms with E-state index in [1.807, 2.05) is 0 Å². The van der Waals surface area contributed by atoms with Gasteiger partial charge in [0.15, 0.2) is 0 Å². The molecule has 182 valence electrons. The predicted molar refractivity (Wildman–Crippen MR) is 125 cm³/mol. The number of sulfonamides is 1. The molecule has 2 unspecified atom stereocenters. The third-order valence-electron chi connectivity index (χ3n) is 5.33. The second-order valence-corrected chi connectivity index (χ2v) is 9.94. The average molecular weight is 509 g/mol. The lowest BCUT2D eigenvalue weighted by molar-refractivity contribution is -0.142. The van der Waals surface area contributed by atoms with Gasteiger partial charge in [-0.15, -0.1) is 0 Å². The number of carboxylic acids is 1. The van der Waals surface area contributed by atoms with Crippen LogP contribution in [0.2, 0.25) is 5.02 Å². The minimum absolute atomic E-state index is 0.0568. The summed E-state index contributed by atoms with van der Waals surface area (Å²) in [5, 5.41) is 17.3. The fraction of sp³-hybridized carbons (Fsp3) is 0.318. The molecule has 0 aliphatic carbocycles. The van der Waals surface area contributed by atoms with Gasteiger partial charge in [0.1, 0.15) is 12.1 Å². The topological polar surface area (TPSA) is 145 Å². The number of benzene rings is 2. The fourth-order valence-electron chi connectivity index (χ4n) is 3.56. The molecule has 2 atom stereocenters. The minimum Gasteiger partial charge on any atom is -0.480 e. The van der Waals surface area contributed by atoms with Crippen LogP contribution in [0.25, 0.3) is 0 Å². The highest BCUT2D eigenvalue weighted by atomic mass is 35.5. The molecular weight excluding hydrogens is 484 g/mol. The number of hydrogen-bond acceptors (Lipinski definition) is 5. The van der Waals surface area contributed by atoms with Gasteiger partial charge in [-0.05, 0) is 36.6 Å². The first-order chi connectivity index (χ1) is 16.2. The largest absolute Gasteiger partial charge is 0.480 e. The van der Waals surface area contributed by atoms with Gasteiger partial charge in [-0.25, -0.2) is 18.0 Å². The van der Waals surface area contributed by atoms with E-state index in [9.17, 15) is 27.9 Å². The van der Waals surface area contributed by atoms with Gasteiger partial charge in [-0.3, -0.25) is 4.79 Å². The third-order valence-corrected chi connectivity index (χ3v) is 7.63. The molecule has 4 N–H and O–H groups in total. The SMILES string of the molecule is O=C(NCc1ccccc1Cl)NCC(NC(=O)C1CCCN1S(=O)(=O)c1ccccc1)C(=O)O. The van der Waals surface area contributed by atoms with Crippen LogP contribution in [0.3, 0.4) is 0 Å². The maximum Gasteiger partial charge on any atom is 0.328 e. The number of hydrogen-bond donors (Lipinski definition) is 4. The van der Waals surface area contributed by atoms with Gasteiger partial charge in [-0.1, -0.05) is 48.0 Å². The van der Waals surface area contributed by atoms with Gasteiger partial charge in [0.2, 0.25) is 15.9 Å². The van der Waals surface area contributed by atoms with E-state index >= 15 is 0 Å². The zero-order valence-electron chi connectivity index (χ0n) is 18.1. The number of nitrogens with one attached hydrogen (secondary N) is 3. The van der Waals surface area contributed by atoms with E-state index in [0.29, 0.717) is 17.0 Å². The average Bonchev–Trinajstić information content (AvgIpc) is 3.32. The van der Waals surface area contributed by atoms with Gasteiger partial charge < -0.3 is 21.1 Å². The Kier molecular flexibility index (Phi) is 8.48. The Morgan fingerprint density at radius 1 is 1.06 bits per heavy atom. The molecule has 3 rings (SSSR count). The Morgan fingerprint density at radius 3 is 2.41 bits per heavy atom. The standard InChI is InChI=1S/C22H25ClN4O6S/c23-17-10-5-4-7-15(17)13-24-22(31)25-14-18(21(29)30)26-20(28)19-11-6-12-27(19)34(32,33)16-8-2-1-3-9-16/h1-5,7-10,18-19H,6,11-14H2,(H,26,28)(H,29,30)(H2,24,25,31). The summed E-state index contributed by atoms with van der Waals surface area (Å²) in [7, 11) is -3.92. The number of halogens is 1. The molecule has 0 bridgehead atoms. The molecule has 0 aromatic heterocycles. The number of aliphatic carboxylic acids is 1. The van der Waals surface area contributed by atoms with Crippen molar-refractivity contribution in [2.24, 2.45) is 0 Å². The number of nitrogens with zero attached hydrogens (tertiary/aromatic N) is 1. The van der Waals surface area contributed by atoms with Crippen molar-refractivity contribution in [2.75, 3.05) is 13.1 Å². The van der Waals surface area contributed by atoms with Crippen LogP contribution in [0.5, 0.6) is 0 Å². The predicted octanol–water partition coefficient (Wildman–Crippen LogP) is 1.56. The molecule has 0 saturated carbocycles. The van der Waals surface area contributed by atoms with Crippen molar-refractivity contribution < 1.29 is 27.9 Å². The lowest BCUT2D eigenvalue weighted by Crippen LogP contribution is -2.54. The highest BCUT2D eigenvalue weighted by Gasteiger charge is 2.40. The first-order valence-corrected chi connectivity index (χ1v) is 12.4. The van der Waals surface area contributed by atoms with Gasteiger partial charge in [0.05, 0.1) is 11.4 Å². The maximum atomic E-state index is 13.0. The number of rotatable bonds is 9. The molecule has 2 aromatic rings.